The van der Waals surface area contributed by atoms with Crippen molar-refractivity contribution in [2.75, 3.05) is 5.32 Å². The molecule has 0 saturated carbocycles. The third-order valence-corrected chi connectivity index (χ3v) is 2.62. The predicted octanol–water partition coefficient (Wildman–Crippen LogP) is 2.84. The molecule has 0 aliphatic heterocycles. The average molecular weight is 223 g/mol. The molecule has 0 fully saturated rings. The fourth-order valence-corrected chi connectivity index (χ4v) is 1.05. The molecule has 0 radical (unpaired) electrons. The molecule has 16 heavy (non-hydrogen) atoms. The SMILES string of the molecule is CC(Nc1ccc([N+](=O)[O-])nc1)C(C)(C)C. The molecule has 1 atom stereocenters. The van der Waals surface area contributed by atoms with Crippen LogP contribution in [-0.2, 0) is 0 Å². The van der Waals surface area contributed by atoms with Crippen LogP contribution in [0.2, 0.25) is 0 Å². The smallest absolute Gasteiger partial charge is 0.363 e. The van der Waals surface area contributed by atoms with Crippen molar-refractivity contribution in [1.29, 1.82) is 0 Å². The van der Waals surface area contributed by atoms with E-state index in [1.54, 1.807) is 6.07 Å². The molecule has 1 aromatic rings. The van der Waals surface area contributed by atoms with Crippen molar-refractivity contribution in [2.45, 2.75) is 33.7 Å². The molecule has 1 N–H and O–H groups in total. The quantitative estimate of drug-likeness (QED) is 0.632. The second-order valence-electron chi connectivity index (χ2n) is 4.89. The normalized spacial score (nSPS) is 13.2. The predicted molar refractivity (Wildman–Crippen MR) is 63.4 cm³/mol. The van der Waals surface area contributed by atoms with Crippen LogP contribution in [0.15, 0.2) is 18.3 Å². The highest BCUT2D eigenvalue weighted by Crippen LogP contribution is 2.22. The fourth-order valence-electron chi connectivity index (χ4n) is 1.05. The summed E-state index contributed by atoms with van der Waals surface area (Å²) in [7, 11) is 0. The molecular formula is C11H17N3O2. The maximum atomic E-state index is 10.4. The van der Waals surface area contributed by atoms with Gasteiger partial charge < -0.3 is 15.4 Å². The number of pyridine rings is 1. The van der Waals surface area contributed by atoms with Crippen LogP contribution >= 0.6 is 0 Å². The van der Waals surface area contributed by atoms with E-state index in [-0.39, 0.29) is 17.3 Å². The molecule has 0 amide bonds. The van der Waals surface area contributed by atoms with Gasteiger partial charge in [-0.15, -0.1) is 0 Å². The molecule has 88 valence electrons. The van der Waals surface area contributed by atoms with Crippen molar-refractivity contribution in [3.05, 3.63) is 28.4 Å². The van der Waals surface area contributed by atoms with Crippen LogP contribution < -0.4 is 5.32 Å². The minimum absolute atomic E-state index is 0.127. The van der Waals surface area contributed by atoms with Crippen molar-refractivity contribution in [3.8, 4) is 0 Å². The van der Waals surface area contributed by atoms with Gasteiger partial charge in [-0.05, 0) is 28.3 Å². The van der Waals surface area contributed by atoms with E-state index in [2.05, 4.69) is 38.0 Å². The van der Waals surface area contributed by atoms with Gasteiger partial charge in [0.05, 0.1) is 5.69 Å². The first kappa shape index (κ1) is 12.4. The third-order valence-electron chi connectivity index (χ3n) is 2.62. The Kier molecular flexibility index (Phi) is 3.47. The van der Waals surface area contributed by atoms with Gasteiger partial charge in [-0.25, -0.2) is 0 Å². The molecule has 0 aromatic carbocycles. The number of anilines is 1. The zero-order valence-corrected chi connectivity index (χ0v) is 10.0. The highest BCUT2D eigenvalue weighted by atomic mass is 16.6. The number of hydrogen-bond donors (Lipinski definition) is 1. The van der Waals surface area contributed by atoms with Gasteiger partial charge in [0, 0.05) is 12.1 Å². The summed E-state index contributed by atoms with van der Waals surface area (Å²) in [5, 5.41) is 13.7. The second kappa shape index (κ2) is 4.47. The Labute approximate surface area is 95.0 Å². The molecule has 0 aliphatic carbocycles. The van der Waals surface area contributed by atoms with Gasteiger partial charge in [-0.2, -0.15) is 0 Å². The van der Waals surface area contributed by atoms with Crippen LogP contribution in [0.5, 0.6) is 0 Å². The summed E-state index contributed by atoms with van der Waals surface area (Å²) >= 11 is 0. The van der Waals surface area contributed by atoms with Crippen LogP contribution in [0.4, 0.5) is 11.5 Å². The monoisotopic (exact) mass is 223 g/mol. The van der Waals surface area contributed by atoms with E-state index in [1.807, 2.05) is 0 Å². The molecule has 0 aliphatic rings. The highest BCUT2D eigenvalue weighted by Gasteiger charge is 2.20. The Morgan fingerprint density at radius 3 is 2.44 bits per heavy atom. The molecule has 0 spiro atoms. The first-order chi connectivity index (χ1) is 7.30. The van der Waals surface area contributed by atoms with E-state index in [0.29, 0.717) is 0 Å². The lowest BCUT2D eigenvalue weighted by molar-refractivity contribution is -0.389. The lowest BCUT2D eigenvalue weighted by atomic mass is 9.88. The topological polar surface area (TPSA) is 68.1 Å². The standard InChI is InChI=1S/C11H17N3O2/c1-8(11(2,3)4)13-9-5-6-10(12-7-9)14(15)16/h5-8,13H,1-4H3. The summed E-state index contributed by atoms with van der Waals surface area (Å²) in [5.41, 5.74) is 0.926. The summed E-state index contributed by atoms with van der Waals surface area (Å²) in [5.74, 6) is -0.131. The summed E-state index contributed by atoms with van der Waals surface area (Å²) in [6.07, 6.45) is 1.49. The van der Waals surface area contributed by atoms with Crippen molar-refractivity contribution in [3.63, 3.8) is 0 Å². The van der Waals surface area contributed by atoms with Crippen molar-refractivity contribution < 1.29 is 4.92 Å². The van der Waals surface area contributed by atoms with E-state index in [0.717, 1.165) is 5.69 Å². The van der Waals surface area contributed by atoms with E-state index in [4.69, 9.17) is 0 Å². The van der Waals surface area contributed by atoms with Crippen molar-refractivity contribution >= 4 is 11.5 Å². The number of aromatic nitrogens is 1. The first-order valence-corrected chi connectivity index (χ1v) is 5.17. The molecule has 1 heterocycles. The van der Waals surface area contributed by atoms with E-state index in [1.165, 1.54) is 12.3 Å². The zero-order valence-electron chi connectivity index (χ0n) is 10.0. The average Bonchev–Trinajstić information content (AvgIpc) is 2.17. The molecule has 0 saturated heterocycles. The van der Waals surface area contributed by atoms with E-state index < -0.39 is 4.92 Å². The van der Waals surface area contributed by atoms with Gasteiger partial charge in [0.1, 0.15) is 0 Å². The first-order valence-electron chi connectivity index (χ1n) is 5.17. The zero-order chi connectivity index (χ0) is 12.3. The molecule has 0 bridgehead atoms. The number of nitro groups is 1. The Morgan fingerprint density at radius 2 is 2.06 bits per heavy atom. The molecule has 1 unspecified atom stereocenters. The summed E-state index contributed by atoms with van der Waals surface area (Å²) in [6, 6.07) is 3.33. The van der Waals surface area contributed by atoms with Gasteiger partial charge in [0.15, 0.2) is 6.20 Å². The second-order valence-corrected chi connectivity index (χ2v) is 4.89. The number of hydrogen-bond acceptors (Lipinski definition) is 4. The van der Waals surface area contributed by atoms with Gasteiger partial charge >= 0.3 is 5.82 Å². The van der Waals surface area contributed by atoms with E-state index in [9.17, 15) is 10.1 Å². The lowest BCUT2D eigenvalue weighted by Gasteiger charge is -2.28. The lowest BCUT2D eigenvalue weighted by Crippen LogP contribution is -2.30. The summed E-state index contributed by atoms with van der Waals surface area (Å²) < 4.78 is 0. The molecular weight excluding hydrogens is 206 g/mol. The molecule has 5 nitrogen and oxygen atoms in total. The van der Waals surface area contributed by atoms with Crippen molar-refractivity contribution in [2.24, 2.45) is 5.41 Å². The minimum Gasteiger partial charge on any atom is -0.379 e. The molecule has 1 aromatic heterocycles. The number of rotatable bonds is 3. The van der Waals surface area contributed by atoms with Crippen LogP contribution in [0, 0.1) is 15.5 Å². The number of nitrogens with zero attached hydrogens (tertiary/aromatic N) is 2. The van der Waals surface area contributed by atoms with Crippen LogP contribution in [0.1, 0.15) is 27.7 Å². The summed E-state index contributed by atoms with van der Waals surface area (Å²) in [4.78, 5) is 13.7. The van der Waals surface area contributed by atoms with Crippen LogP contribution in [0.3, 0.4) is 0 Å². The van der Waals surface area contributed by atoms with Gasteiger partial charge in [0.25, 0.3) is 0 Å². The maximum absolute atomic E-state index is 10.4. The Hall–Kier alpha value is -1.65. The maximum Gasteiger partial charge on any atom is 0.363 e. The van der Waals surface area contributed by atoms with Gasteiger partial charge in [-0.3, -0.25) is 0 Å². The summed E-state index contributed by atoms with van der Waals surface area (Å²) in [6.45, 7) is 8.46. The van der Waals surface area contributed by atoms with Crippen LogP contribution in [0.25, 0.3) is 0 Å². The minimum atomic E-state index is -0.503. The van der Waals surface area contributed by atoms with Crippen LogP contribution in [-0.4, -0.2) is 15.9 Å². The highest BCUT2D eigenvalue weighted by molar-refractivity contribution is 5.44. The van der Waals surface area contributed by atoms with E-state index >= 15 is 0 Å². The Morgan fingerprint density at radius 1 is 1.44 bits per heavy atom. The van der Waals surface area contributed by atoms with Gasteiger partial charge in [0.2, 0.25) is 0 Å². The fraction of sp³-hybridized carbons (Fsp3) is 0.545. The van der Waals surface area contributed by atoms with Crippen molar-refractivity contribution in [1.82, 2.24) is 4.98 Å². The molecule has 5 heteroatoms. The Bertz CT molecular complexity index is 368. The largest absolute Gasteiger partial charge is 0.379 e. The Balaban J connectivity index is 2.73. The van der Waals surface area contributed by atoms with Gasteiger partial charge in [-0.1, -0.05) is 20.8 Å². The molecule has 1 rings (SSSR count). The third kappa shape index (κ3) is 3.18. The number of nitrogens with one attached hydrogen (secondary N) is 1.